The van der Waals surface area contributed by atoms with E-state index < -0.39 is 0 Å². The maximum Gasteiger partial charge on any atom is 0.0213 e. The minimum atomic E-state index is 0.0978. The third-order valence-corrected chi connectivity index (χ3v) is 4.70. The zero-order chi connectivity index (χ0) is 11.6. The summed E-state index contributed by atoms with van der Waals surface area (Å²) in [4.78, 5) is 0. The molecule has 0 amide bonds. The van der Waals surface area contributed by atoms with Gasteiger partial charge in [-0.15, -0.1) is 0 Å². The molecule has 0 aromatic rings. The SMILES string of the molecule is CCC(C)C1(N)CC(C)CCC1C(C)C. The smallest absolute Gasteiger partial charge is 0.0213 e. The van der Waals surface area contributed by atoms with Crippen molar-refractivity contribution in [3.05, 3.63) is 0 Å². The zero-order valence-corrected chi connectivity index (χ0v) is 11.2. The standard InChI is InChI=1S/C14H29N/c1-6-12(5)14(15)9-11(4)7-8-13(14)10(2)3/h10-13H,6-9,15H2,1-5H3. The molecule has 15 heavy (non-hydrogen) atoms. The summed E-state index contributed by atoms with van der Waals surface area (Å²) in [5.41, 5.74) is 6.85. The predicted octanol–water partition coefficient (Wildman–Crippen LogP) is 3.82. The maximum atomic E-state index is 6.75. The maximum absolute atomic E-state index is 6.75. The second-order valence-electron chi connectivity index (χ2n) is 6.16. The molecule has 0 radical (unpaired) electrons. The van der Waals surface area contributed by atoms with Crippen LogP contribution in [-0.4, -0.2) is 5.54 Å². The van der Waals surface area contributed by atoms with Gasteiger partial charge in [0.05, 0.1) is 0 Å². The summed E-state index contributed by atoms with van der Waals surface area (Å²) in [6.07, 6.45) is 5.15. The first kappa shape index (κ1) is 13.0. The van der Waals surface area contributed by atoms with Crippen molar-refractivity contribution in [1.82, 2.24) is 0 Å². The Hall–Kier alpha value is -0.0400. The molecule has 0 saturated heterocycles. The summed E-state index contributed by atoms with van der Waals surface area (Å²) in [5, 5.41) is 0. The van der Waals surface area contributed by atoms with Crippen molar-refractivity contribution >= 4 is 0 Å². The normalized spacial score (nSPS) is 39.4. The van der Waals surface area contributed by atoms with Crippen molar-refractivity contribution in [3.8, 4) is 0 Å². The average molecular weight is 211 g/mol. The van der Waals surface area contributed by atoms with E-state index >= 15 is 0 Å². The summed E-state index contributed by atoms with van der Waals surface area (Å²) < 4.78 is 0. The van der Waals surface area contributed by atoms with Gasteiger partial charge >= 0.3 is 0 Å². The lowest BCUT2D eigenvalue weighted by Gasteiger charge is -2.49. The summed E-state index contributed by atoms with van der Waals surface area (Å²) in [7, 11) is 0. The van der Waals surface area contributed by atoms with Gasteiger partial charge in [-0.05, 0) is 36.5 Å². The summed E-state index contributed by atoms with van der Waals surface area (Å²) >= 11 is 0. The fourth-order valence-corrected chi connectivity index (χ4v) is 3.49. The van der Waals surface area contributed by atoms with Crippen LogP contribution in [0.4, 0.5) is 0 Å². The monoisotopic (exact) mass is 211 g/mol. The van der Waals surface area contributed by atoms with Crippen LogP contribution in [0.3, 0.4) is 0 Å². The molecule has 0 bridgehead atoms. The van der Waals surface area contributed by atoms with E-state index in [4.69, 9.17) is 5.73 Å². The molecule has 4 atom stereocenters. The summed E-state index contributed by atoms with van der Waals surface area (Å²) in [5.74, 6) is 2.94. The summed E-state index contributed by atoms with van der Waals surface area (Å²) in [6.45, 7) is 11.7. The lowest BCUT2D eigenvalue weighted by Crippen LogP contribution is -2.57. The van der Waals surface area contributed by atoms with E-state index in [0.29, 0.717) is 5.92 Å². The van der Waals surface area contributed by atoms with Gasteiger partial charge in [0.2, 0.25) is 0 Å². The molecule has 1 aliphatic rings. The highest BCUT2D eigenvalue weighted by molar-refractivity contribution is 5.00. The first-order valence-corrected chi connectivity index (χ1v) is 6.70. The lowest BCUT2D eigenvalue weighted by atomic mass is 9.60. The van der Waals surface area contributed by atoms with Gasteiger partial charge in [0.1, 0.15) is 0 Å². The van der Waals surface area contributed by atoms with Crippen molar-refractivity contribution in [2.24, 2.45) is 29.4 Å². The largest absolute Gasteiger partial charge is 0.325 e. The number of rotatable bonds is 3. The van der Waals surface area contributed by atoms with Gasteiger partial charge in [0.25, 0.3) is 0 Å². The third-order valence-electron chi connectivity index (χ3n) is 4.70. The van der Waals surface area contributed by atoms with Gasteiger partial charge < -0.3 is 5.73 Å². The van der Waals surface area contributed by atoms with Crippen LogP contribution in [0.5, 0.6) is 0 Å². The van der Waals surface area contributed by atoms with Gasteiger partial charge in [-0.25, -0.2) is 0 Å². The van der Waals surface area contributed by atoms with E-state index in [0.717, 1.165) is 17.8 Å². The van der Waals surface area contributed by atoms with E-state index in [1.54, 1.807) is 0 Å². The molecule has 0 heterocycles. The molecule has 0 aliphatic heterocycles. The van der Waals surface area contributed by atoms with E-state index in [-0.39, 0.29) is 5.54 Å². The first-order chi connectivity index (χ1) is 6.91. The van der Waals surface area contributed by atoms with Crippen molar-refractivity contribution < 1.29 is 0 Å². The van der Waals surface area contributed by atoms with E-state index in [1.807, 2.05) is 0 Å². The van der Waals surface area contributed by atoms with E-state index in [9.17, 15) is 0 Å². The second kappa shape index (κ2) is 4.86. The molecular formula is C14H29N. The average Bonchev–Trinajstić information content (AvgIpc) is 2.15. The fourth-order valence-electron chi connectivity index (χ4n) is 3.49. The third kappa shape index (κ3) is 2.55. The fraction of sp³-hybridized carbons (Fsp3) is 1.00. The molecule has 1 nitrogen and oxygen atoms in total. The van der Waals surface area contributed by atoms with Gasteiger partial charge in [0.15, 0.2) is 0 Å². The molecule has 1 fully saturated rings. The summed E-state index contributed by atoms with van der Waals surface area (Å²) in [6, 6.07) is 0. The zero-order valence-electron chi connectivity index (χ0n) is 11.2. The van der Waals surface area contributed by atoms with Crippen LogP contribution in [0, 0.1) is 23.7 Å². The minimum absolute atomic E-state index is 0.0978. The van der Waals surface area contributed by atoms with Crippen molar-refractivity contribution in [2.45, 2.75) is 65.8 Å². The Kier molecular flexibility index (Phi) is 4.22. The molecule has 1 heteroatoms. The van der Waals surface area contributed by atoms with Crippen LogP contribution in [0.1, 0.15) is 60.3 Å². The number of hydrogen-bond acceptors (Lipinski definition) is 1. The van der Waals surface area contributed by atoms with Gasteiger partial charge in [0, 0.05) is 5.54 Å². The van der Waals surface area contributed by atoms with Gasteiger partial charge in [-0.2, -0.15) is 0 Å². The lowest BCUT2D eigenvalue weighted by molar-refractivity contribution is 0.0622. The van der Waals surface area contributed by atoms with E-state index in [1.165, 1.54) is 25.7 Å². The van der Waals surface area contributed by atoms with Crippen LogP contribution in [0.15, 0.2) is 0 Å². The molecule has 1 saturated carbocycles. The second-order valence-corrected chi connectivity index (χ2v) is 6.16. The van der Waals surface area contributed by atoms with Crippen LogP contribution >= 0.6 is 0 Å². The highest BCUT2D eigenvalue weighted by Gasteiger charge is 2.43. The van der Waals surface area contributed by atoms with Gasteiger partial charge in [-0.1, -0.05) is 47.5 Å². The topological polar surface area (TPSA) is 26.0 Å². The number of hydrogen-bond donors (Lipinski definition) is 1. The Morgan fingerprint density at radius 1 is 1.27 bits per heavy atom. The van der Waals surface area contributed by atoms with Crippen molar-refractivity contribution in [1.29, 1.82) is 0 Å². The molecule has 4 unspecified atom stereocenters. The number of nitrogens with two attached hydrogens (primary N) is 1. The molecule has 1 rings (SSSR count). The van der Waals surface area contributed by atoms with Crippen molar-refractivity contribution in [3.63, 3.8) is 0 Å². The molecule has 2 N–H and O–H groups in total. The van der Waals surface area contributed by atoms with Crippen LogP contribution < -0.4 is 5.73 Å². The van der Waals surface area contributed by atoms with Crippen LogP contribution in [0.25, 0.3) is 0 Å². The van der Waals surface area contributed by atoms with Crippen molar-refractivity contribution in [2.75, 3.05) is 0 Å². The highest BCUT2D eigenvalue weighted by atomic mass is 14.8. The molecule has 90 valence electrons. The Morgan fingerprint density at radius 2 is 1.87 bits per heavy atom. The van der Waals surface area contributed by atoms with Crippen LogP contribution in [-0.2, 0) is 0 Å². The van der Waals surface area contributed by atoms with Crippen LogP contribution in [0.2, 0.25) is 0 Å². The first-order valence-electron chi connectivity index (χ1n) is 6.70. The molecule has 1 aliphatic carbocycles. The molecule has 0 aromatic heterocycles. The molecule has 0 spiro atoms. The Balaban J connectivity index is 2.85. The molecule has 0 aromatic carbocycles. The Morgan fingerprint density at radius 3 is 2.33 bits per heavy atom. The van der Waals surface area contributed by atoms with Gasteiger partial charge in [-0.3, -0.25) is 0 Å². The Labute approximate surface area is 95.8 Å². The van der Waals surface area contributed by atoms with E-state index in [2.05, 4.69) is 34.6 Å². The molecular weight excluding hydrogens is 182 g/mol. The minimum Gasteiger partial charge on any atom is -0.325 e. The predicted molar refractivity (Wildman–Crippen MR) is 67.7 cm³/mol. The highest BCUT2D eigenvalue weighted by Crippen LogP contribution is 2.44. The quantitative estimate of drug-likeness (QED) is 0.754. The Bertz CT molecular complexity index is 200.